The molecule has 0 amide bonds. The summed E-state index contributed by atoms with van der Waals surface area (Å²) < 4.78 is 0. The number of hydrogen-bond acceptors (Lipinski definition) is 2. The van der Waals surface area contributed by atoms with E-state index in [1.807, 2.05) is 6.92 Å². The van der Waals surface area contributed by atoms with Crippen molar-refractivity contribution in [2.75, 3.05) is 13.1 Å². The van der Waals surface area contributed by atoms with E-state index >= 15 is 0 Å². The highest BCUT2D eigenvalue weighted by Crippen LogP contribution is 2.36. The first-order chi connectivity index (χ1) is 5.67. The molecule has 0 radical (unpaired) electrons. The summed E-state index contributed by atoms with van der Waals surface area (Å²) in [5, 5.41) is 3.41. The third kappa shape index (κ3) is 4.63. The number of nitrogens with two attached hydrogens (primary N) is 1. The Labute approximate surface area is 83.3 Å². The van der Waals surface area contributed by atoms with Crippen LogP contribution in [0.4, 0.5) is 0 Å². The first-order valence-corrected chi connectivity index (χ1v) is 5.13. The minimum absolute atomic E-state index is 0.246. The molecule has 0 aromatic heterocycles. The molecular weight excluding hydrogens is 160 g/mol. The lowest BCUT2D eigenvalue weighted by Crippen LogP contribution is -2.42. The van der Waals surface area contributed by atoms with Crippen molar-refractivity contribution in [3.8, 4) is 0 Å². The van der Waals surface area contributed by atoms with Crippen LogP contribution in [0.3, 0.4) is 0 Å². The quantitative estimate of drug-likeness (QED) is 0.704. The Bertz CT molecular complexity index is 143. The fourth-order valence-electron chi connectivity index (χ4n) is 0.878. The summed E-state index contributed by atoms with van der Waals surface area (Å²) in [6, 6.07) is 0.246. The van der Waals surface area contributed by atoms with E-state index in [4.69, 9.17) is 5.73 Å². The van der Waals surface area contributed by atoms with Gasteiger partial charge in [-0.1, -0.05) is 34.6 Å². The van der Waals surface area contributed by atoms with Gasteiger partial charge in [0.1, 0.15) is 0 Å². The molecule has 0 aliphatic rings. The van der Waals surface area contributed by atoms with Crippen LogP contribution in [0.1, 0.15) is 41.5 Å². The van der Waals surface area contributed by atoms with Gasteiger partial charge in [-0.3, -0.25) is 0 Å². The highest BCUT2D eigenvalue weighted by molar-refractivity contribution is 4.84. The zero-order valence-electron chi connectivity index (χ0n) is 10.1. The van der Waals surface area contributed by atoms with Gasteiger partial charge in [-0.05, 0) is 17.8 Å². The Morgan fingerprint density at radius 3 is 1.92 bits per heavy atom. The molecule has 3 N–H and O–H groups in total. The Hall–Kier alpha value is -0.0800. The van der Waals surface area contributed by atoms with Crippen molar-refractivity contribution in [3.63, 3.8) is 0 Å². The van der Waals surface area contributed by atoms with Gasteiger partial charge in [0.15, 0.2) is 0 Å². The lowest BCUT2D eigenvalue weighted by molar-refractivity contribution is 0.129. The second-order valence-corrected chi connectivity index (χ2v) is 5.74. The van der Waals surface area contributed by atoms with Crippen molar-refractivity contribution in [1.82, 2.24) is 5.32 Å². The van der Waals surface area contributed by atoms with E-state index in [9.17, 15) is 0 Å². The number of hydrogen-bond donors (Lipinski definition) is 2. The Morgan fingerprint density at radius 2 is 1.62 bits per heavy atom. The second kappa shape index (κ2) is 4.43. The zero-order valence-corrected chi connectivity index (χ0v) is 10.1. The highest BCUT2D eigenvalue weighted by atomic mass is 14.9. The van der Waals surface area contributed by atoms with E-state index in [1.165, 1.54) is 0 Å². The summed E-state index contributed by atoms with van der Waals surface area (Å²) >= 11 is 0. The van der Waals surface area contributed by atoms with Crippen LogP contribution in [0.5, 0.6) is 0 Å². The SMILES string of the molecule is CC(N)CNCC(C)(C)C(C)(C)C. The maximum atomic E-state index is 5.67. The maximum absolute atomic E-state index is 5.67. The molecule has 80 valence electrons. The number of rotatable bonds is 4. The third-order valence-corrected chi connectivity index (χ3v) is 3.06. The monoisotopic (exact) mass is 186 g/mol. The molecule has 2 heteroatoms. The van der Waals surface area contributed by atoms with Crippen molar-refractivity contribution in [3.05, 3.63) is 0 Å². The molecule has 0 aromatic carbocycles. The van der Waals surface area contributed by atoms with Crippen LogP contribution in [0.25, 0.3) is 0 Å². The molecule has 0 saturated heterocycles. The van der Waals surface area contributed by atoms with Gasteiger partial charge in [0, 0.05) is 19.1 Å². The molecule has 0 rings (SSSR count). The molecule has 0 fully saturated rings. The maximum Gasteiger partial charge on any atom is 0.0136 e. The predicted octanol–water partition coefficient (Wildman–Crippen LogP) is 2.00. The highest BCUT2D eigenvalue weighted by Gasteiger charge is 2.31. The van der Waals surface area contributed by atoms with Crippen LogP contribution >= 0.6 is 0 Å². The van der Waals surface area contributed by atoms with Crippen LogP contribution < -0.4 is 11.1 Å². The summed E-state index contributed by atoms with van der Waals surface area (Å²) in [5.41, 5.74) is 6.31. The average Bonchev–Trinajstić information content (AvgIpc) is 1.82. The van der Waals surface area contributed by atoms with Gasteiger partial charge in [-0.2, -0.15) is 0 Å². The molecule has 0 bridgehead atoms. The molecule has 0 saturated carbocycles. The average molecular weight is 186 g/mol. The molecule has 0 aliphatic carbocycles. The van der Waals surface area contributed by atoms with Crippen molar-refractivity contribution in [2.24, 2.45) is 16.6 Å². The molecule has 1 unspecified atom stereocenters. The first kappa shape index (κ1) is 12.9. The summed E-state index contributed by atoms with van der Waals surface area (Å²) in [6.07, 6.45) is 0. The topological polar surface area (TPSA) is 38.0 Å². The Balaban J connectivity index is 3.90. The van der Waals surface area contributed by atoms with E-state index in [1.54, 1.807) is 0 Å². The lowest BCUT2D eigenvalue weighted by atomic mass is 9.69. The van der Waals surface area contributed by atoms with Crippen LogP contribution in [-0.4, -0.2) is 19.1 Å². The number of nitrogens with one attached hydrogen (secondary N) is 1. The molecule has 0 spiro atoms. The van der Waals surface area contributed by atoms with Crippen molar-refractivity contribution >= 4 is 0 Å². The zero-order chi connectivity index (χ0) is 10.7. The molecule has 1 atom stereocenters. The standard InChI is InChI=1S/C11H26N2/c1-9(12)7-13-8-11(5,6)10(2,3)4/h9,13H,7-8,12H2,1-6H3. The van der Waals surface area contributed by atoms with E-state index < -0.39 is 0 Å². The summed E-state index contributed by atoms with van der Waals surface area (Å²) in [5.74, 6) is 0. The van der Waals surface area contributed by atoms with Crippen LogP contribution in [0, 0.1) is 10.8 Å². The minimum Gasteiger partial charge on any atom is -0.327 e. The molecule has 0 heterocycles. The smallest absolute Gasteiger partial charge is 0.0136 e. The Kier molecular flexibility index (Phi) is 4.40. The largest absolute Gasteiger partial charge is 0.327 e. The van der Waals surface area contributed by atoms with E-state index in [0.717, 1.165) is 13.1 Å². The van der Waals surface area contributed by atoms with Crippen LogP contribution in [0.15, 0.2) is 0 Å². The summed E-state index contributed by atoms with van der Waals surface area (Å²) in [7, 11) is 0. The van der Waals surface area contributed by atoms with Crippen LogP contribution in [0.2, 0.25) is 0 Å². The van der Waals surface area contributed by atoms with E-state index in [0.29, 0.717) is 10.8 Å². The van der Waals surface area contributed by atoms with Crippen molar-refractivity contribution < 1.29 is 0 Å². The van der Waals surface area contributed by atoms with Crippen molar-refractivity contribution in [1.29, 1.82) is 0 Å². The molecule has 0 aliphatic heterocycles. The second-order valence-electron chi connectivity index (χ2n) is 5.74. The van der Waals surface area contributed by atoms with Gasteiger partial charge in [0.05, 0.1) is 0 Å². The summed E-state index contributed by atoms with van der Waals surface area (Å²) in [6.45, 7) is 15.4. The molecule has 0 aromatic rings. The van der Waals surface area contributed by atoms with E-state index in [2.05, 4.69) is 39.9 Å². The normalized spacial score (nSPS) is 15.9. The molecule has 13 heavy (non-hydrogen) atoms. The van der Waals surface area contributed by atoms with Crippen molar-refractivity contribution in [2.45, 2.75) is 47.6 Å². The van der Waals surface area contributed by atoms with Gasteiger partial charge >= 0.3 is 0 Å². The minimum atomic E-state index is 0.246. The van der Waals surface area contributed by atoms with Gasteiger partial charge in [-0.25, -0.2) is 0 Å². The fourth-order valence-corrected chi connectivity index (χ4v) is 0.878. The fraction of sp³-hybridized carbons (Fsp3) is 1.00. The summed E-state index contributed by atoms with van der Waals surface area (Å²) in [4.78, 5) is 0. The third-order valence-electron chi connectivity index (χ3n) is 3.06. The van der Waals surface area contributed by atoms with Crippen LogP contribution in [-0.2, 0) is 0 Å². The van der Waals surface area contributed by atoms with Gasteiger partial charge < -0.3 is 11.1 Å². The predicted molar refractivity (Wildman–Crippen MR) is 59.8 cm³/mol. The Morgan fingerprint density at radius 1 is 1.15 bits per heavy atom. The molecular formula is C11H26N2. The lowest BCUT2D eigenvalue weighted by Gasteiger charge is -2.39. The van der Waals surface area contributed by atoms with Gasteiger partial charge in [0.25, 0.3) is 0 Å². The molecule has 2 nitrogen and oxygen atoms in total. The first-order valence-electron chi connectivity index (χ1n) is 5.13. The van der Waals surface area contributed by atoms with Gasteiger partial charge in [0.2, 0.25) is 0 Å². The van der Waals surface area contributed by atoms with Gasteiger partial charge in [-0.15, -0.1) is 0 Å². The van der Waals surface area contributed by atoms with E-state index in [-0.39, 0.29) is 6.04 Å².